The molecule has 1 atom stereocenters. The molecule has 0 heterocycles. The first-order valence-electron chi connectivity index (χ1n) is 7.21. The van der Waals surface area contributed by atoms with Crippen LogP contribution in [0.2, 0.25) is 0 Å². The van der Waals surface area contributed by atoms with Gasteiger partial charge in [-0.2, -0.15) is 18.3 Å². The van der Waals surface area contributed by atoms with Crippen LogP contribution in [0.15, 0.2) is 40.6 Å². The Labute approximate surface area is 142 Å². The monoisotopic (exact) mass is 361 g/mol. The van der Waals surface area contributed by atoms with Gasteiger partial charge in [-0.1, -0.05) is 0 Å². The maximum atomic E-state index is 13.5. The third-order valence-corrected chi connectivity index (χ3v) is 2.76. The topological polar surface area (TPSA) is 57.4 Å². The smallest absolute Gasteiger partial charge is 0.365 e. The number of alkyl halides is 3. The van der Waals surface area contributed by atoms with Crippen molar-refractivity contribution in [1.82, 2.24) is 5.01 Å². The summed E-state index contributed by atoms with van der Waals surface area (Å²) in [5.74, 6) is -1.28. The normalized spacial score (nSPS) is 14.2. The summed E-state index contributed by atoms with van der Waals surface area (Å²) < 4.78 is 56.9. The predicted octanol–water partition coefficient (Wildman–Crippen LogP) is 3.40. The fourth-order valence-electron chi connectivity index (χ4n) is 1.77. The molecule has 1 rings (SSSR count). The zero-order chi connectivity index (χ0) is 19.2. The second kappa shape index (κ2) is 8.72. The summed E-state index contributed by atoms with van der Waals surface area (Å²) in [6.45, 7) is 6.71. The summed E-state index contributed by atoms with van der Waals surface area (Å²) in [5.41, 5.74) is -1.33. The van der Waals surface area contributed by atoms with Crippen molar-refractivity contribution >= 4 is 12.6 Å². The van der Waals surface area contributed by atoms with Gasteiger partial charge in [0.25, 0.3) is 0 Å². The Balaban J connectivity index is 3.05. The highest BCUT2D eigenvalue weighted by molar-refractivity contribution is 6.01. The van der Waals surface area contributed by atoms with E-state index in [1.54, 1.807) is 13.8 Å². The average Bonchev–Trinajstić information content (AvgIpc) is 2.48. The van der Waals surface area contributed by atoms with Crippen LogP contribution in [0.3, 0.4) is 0 Å². The van der Waals surface area contributed by atoms with Crippen LogP contribution >= 0.6 is 0 Å². The third kappa shape index (κ3) is 7.02. The number of aliphatic hydroxyl groups excluding tert-OH is 1. The summed E-state index contributed by atoms with van der Waals surface area (Å²) in [5, 5.41) is 14.6. The summed E-state index contributed by atoms with van der Waals surface area (Å²) >= 11 is 0. The Kier molecular flexibility index (Phi) is 7.25. The van der Waals surface area contributed by atoms with Gasteiger partial charge in [0.15, 0.2) is 12.1 Å². The third-order valence-electron chi connectivity index (χ3n) is 2.76. The van der Waals surface area contributed by atoms with Crippen LogP contribution in [0.25, 0.3) is 0 Å². The number of ether oxygens (including phenoxy) is 1. The number of nitrogens with zero attached hydrogens (tertiary/aromatic N) is 3. The minimum atomic E-state index is -4.70. The van der Waals surface area contributed by atoms with Gasteiger partial charge in [-0.3, -0.25) is 5.01 Å². The number of aliphatic hydroxyl groups is 1. The van der Waals surface area contributed by atoms with E-state index in [0.29, 0.717) is 6.07 Å². The Morgan fingerprint density at radius 1 is 1.32 bits per heavy atom. The van der Waals surface area contributed by atoms with Gasteiger partial charge >= 0.3 is 6.18 Å². The van der Waals surface area contributed by atoms with E-state index in [9.17, 15) is 22.7 Å². The van der Waals surface area contributed by atoms with Gasteiger partial charge in [0.1, 0.15) is 5.82 Å². The Morgan fingerprint density at radius 3 is 2.48 bits per heavy atom. The van der Waals surface area contributed by atoms with E-state index in [1.807, 2.05) is 0 Å². The van der Waals surface area contributed by atoms with Crippen LogP contribution in [0.1, 0.15) is 25.0 Å². The number of hydrogen-bond acceptors (Lipinski definition) is 4. The van der Waals surface area contributed by atoms with Crippen molar-refractivity contribution in [2.24, 2.45) is 10.1 Å². The molecule has 9 heteroatoms. The molecular formula is C16H19F4N3O2. The van der Waals surface area contributed by atoms with Crippen molar-refractivity contribution in [3.8, 4) is 0 Å². The molecule has 5 nitrogen and oxygen atoms in total. The van der Waals surface area contributed by atoms with Crippen molar-refractivity contribution in [3.63, 3.8) is 0 Å². The molecule has 1 N–H and O–H groups in total. The van der Waals surface area contributed by atoms with Gasteiger partial charge in [-0.25, -0.2) is 9.38 Å². The highest BCUT2D eigenvalue weighted by Crippen LogP contribution is 2.30. The number of hydrogen-bond donors (Lipinski definition) is 1. The fraction of sp³-hybridized carbons (Fsp3) is 0.375. The number of halogens is 4. The summed E-state index contributed by atoms with van der Waals surface area (Å²) in [6, 6.07) is 1.98. The van der Waals surface area contributed by atoms with E-state index in [1.165, 1.54) is 24.3 Å². The molecule has 0 aliphatic carbocycles. The van der Waals surface area contributed by atoms with Crippen molar-refractivity contribution in [2.75, 3.05) is 7.05 Å². The van der Waals surface area contributed by atoms with Crippen molar-refractivity contribution in [2.45, 2.75) is 32.4 Å². The van der Waals surface area contributed by atoms with Crippen LogP contribution in [0.5, 0.6) is 0 Å². The molecule has 0 bridgehead atoms. The molecule has 0 amide bonds. The molecular weight excluding hydrogens is 342 g/mol. The first-order chi connectivity index (χ1) is 11.5. The second-order valence-corrected chi connectivity index (χ2v) is 5.30. The molecule has 0 aliphatic rings. The lowest BCUT2D eigenvalue weighted by molar-refractivity contribution is -0.137. The molecule has 25 heavy (non-hydrogen) atoms. The first kappa shape index (κ1) is 20.8. The lowest BCUT2D eigenvalue weighted by Crippen LogP contribution is -2.16. The molecule has 0 spiro atoms. The van der Waals surface area contributed by atoms with Crippen molar-refractivity contribution < 1.29 is 27.4 Å². The number of amidine groups is 1. The standard InChI is InChI=1S/C16H19F4N3O2/c1-10(2)25-14(24)5-6-23(4)22-15(21-3)11-7-12(16(18,19)20)9-13(17)8-11/h5-10,14,24H,3H2,1-2,4H3. The molecule has 0 radical (unpaired) electrons. The molecule has 1 unspecified atom stereocenters. The van der Waals surface area contributed by atoms with Crippen LogP contribution in [0, 0.1) is 5.82 Å². The lowest BCUT2D eigenvalue weighted by Gasteiger charge is -2.13. The van der Waals surface area contributed by atoms with Crippen LogP contribution in [0.4, 0.5) is 17.6 Å². The van der Waals surface area contributed by atoms with Gasteiger partial charge in [0, 0.05) is 18.8 Å². The maximum Gasteiger partial charge on any atom is 0.416 e. The van der Waals surface area contributed by atoms with E-state index < -0.39 is 23.8 Å². The van der Waals surface area contributed by atoms with Crippen LogP contribution in [-0.2, 0) is 10.9 Å². The second-order valence-electron chi connectivity index (χ2n) is 5.30. The Hall–Kier alpha value is -2.26. The minimum absolute atomic E-state index is 0.179. The summed E-state index contributed by atoms with van der Waals surface area (Å²) in [7, 11) is 1.45. The number of benzene rings is 1. The molecule has 0 fully saturated rings. The molecule has 0 saturated carbocycles. The Bertz CT molecular complexity index is 657. The number of rotatable bonds is 6. The maximum absolute atomic E-state index is 13.5. The highest BCUT2D eigenvalue weighted by atomic mass is 19.4. The lowest BCUT2D eigenvalue weighted by atomic mass is 10.1. The summed E-state index contributed by atoms with van der Waals surface area (Å²) in [4.78, 5) is 3.53. The van der Waals surface area contributed by atoms with E-state index in [2.05, 4.69) is 16.8 Å². The molecule has 0 saturated heterocycles. The first-order valence-corrected chi connectivity index (χ1v) is 7.21. The molecule has 138 valence electrons. The van der Waals surface area contributed by atoms with Gasteiger partial charge < -0.3 is 9.84 Å². The van der Waals surface area contributed by atoms with Gasteiger partial charge in [0.05, 0.1) is 11.7 Å². The zero-order valence-electron chi connectivity index (χ0n) is 14.0. The van der Waals surface area contributed by atoms with E-state index in [0.717, 1.165) is 12.1 Å². The minimum Gasteiger partial charge on any atom is -0.365 e. The molecule has 0 aliphatic heterocycles. The fourth-order valence-corrected chi connectivity index (χ4v) is 1.77. The number of hydrazone groups is 1. The van der Waals surface area contributed by atoms with Gasteiger partial charge in [-0.15, -0.1) is 0 Å². The summed E-state index contributed by atoms with van der Waals surface area (Å²) in [6.07, 6.45) is -3.48. The Morgan fingerprint density at radius 2 is 1.96 bits per heavy atom. The van der Waals surface area contributed by atoms with Crippen molar-refractivity contribution in [1.29, 1.82) is 0 Å². The quantitative estimate of drug-likeness (QED) is 0.278. The van der Waals surface area contributed by atoms with E-state index >= 15 is 0 Å². The SMILES string of the molecule is C=NC(=NN(C)C=CC(O)OC(C)C)c1cc(F)cc(C(F)(F)F)c1. The van der Waals surface area contributed by atoms with Gasteiger partial charge in [-0.05, 0) is 44.8 Å². The molecule has 1 aromatic rings. The van der Waals surface area contributed by atoms with Crippen molar-refractivity contribution in [3.05, 3.63) is 47.4 Å². The van der Waals surface area contributed by atoms with E-state index in [-0.39, 0.29) is 17.5 Å². The van der Waals surface area contributed by atoms with Crippen LogP contribution < -0.4 is 0 Å². The van der Waals surface area contributed by atoms with Crippen LogP contribution in [-0.4, -0.2) is 42.1 Å². The number of aliphatic imine (C=N–C) groups is 1. The highest BCUT2D eigenvalue weighted by Gasteiger charge is 2.31. The van der Waals surface area contributed by atoms with E-state index in [4.69, 9.17) is 4.74 Å². The molecule has 1 aromatic carbocycles. The zero-order valence-corrected chi connectivity index (χ0v) is 14.0. The average molecular weight is 361 g/mol. The molecule has 0 aromatic heterocycles. The largest absolute Gasteiger partial charge is 0.416 e. The van der Waals surface area contributed by atoms with Gasteiger partial charge in [0.2, 0.25) is 0 Å². The predicted molar refractivity (Wildman–Crippen MR) is 86.6 cm³/mol.